The van der Waals surface area contributed by atoms with Gasteiger partial charge < -0.3 is 4.74 Å². The number of carbonyl (C=O) groups excluding carboxylic acids is 1. The second-order valence-electron chi connectivity index (χ2n) is 6.04. The van der Waals surface area contributed by atoms with Crippen molar-refractivity contribution >= 4 is 34.7 Å². The first-order valence-corrected chi connectivity index (χ1v) is 8.79. The number of hydrogen-bond acceptors (Lipinski definition) is 3. The smallest absolute Gasteiger partial charge is 0.331 e. The number of rotatable bonds is 4. The monoisotopic (exact) mass is 400 g/mol. The van der Waals surface area contributed by atoms with Crippen LogP contribution in [0, 0.1) is 0 Å². The Kier molecular flexibility index (Phi) is 5.34. The highest BCUT2D eigenvalue weighted by molar-refractivity contribution is 6.35. The molecule has 0 unspecified atom stereocenters. The highest BCUT2D eigenvalue weighted by atomic mass is 35.5. The Balaban J connectivity index is 2.00. The number of alkyl halides is 2. The molecule has 0 amide bonds. The first-order chi connectivity index (χ1) is 12.3. The van der Waals surface area contributed by atoms with E-state index in [2.05, 4.69) is 5.10 Å². The van der Waals surface area contributed by atoms with Gasteiger partial charge in [0.25, 0.3) is 5.92 Å². The van der Waals surface area contributed by atoms with Crippen LogP contribution >= 0.6 is 23.2 Å². The second kappa shape index (κ2) is 7.37. The molecule has 0 spiro atoms. The molecule has 4 nitrogen and oxygen atoms in total. The summed E-state index contributed by atoms with van der Waals surface area (Å²) in [6.07, 6.45) is 1.57. The van der Waals surface area contributed by atoms with Gasteiger partial charge in [0, 0.05) is 34.5 Å². The lowest BCUT2D eigenvalue weighted by Crippen LogP contribution is -2.26. The summed E-state index contributed by atoms with van der Waals surface area (Å²) in [6.45, 7) is 2.10. The molecule has 1 aliphatic carbocycles. The third-order valence-electron chi connectivity index (χ3n) is 4.03. The number of benzene rings is 1. The average Bonchev–Trinajstić information content (AvgIpc) is 2.91. The molecule has 1 aliphatic rings. The maximum atomic E-state index is 14.0. The molecule has 0 radical (unpaired) electrons. The van der Waals surface area contributed by atoms with Crippen LogP contribution in [0.25, 0.3) is 5.57 Å². The molecule has 0 aliphatic heterocycles. The molecule has 1 aromatic heterocycles. The van der Waals surface area contributed by atoms with Gasteiger partial charge in [0.05, 0.1) is 25.0 Å². The molecule has 1 aromatic carbocycles. The maximum Gasteiger partial charge on any atom is 0.331 e. The Hall–Kier alpha value is -1.92. The number of aromatic nitrogens is 2. The number of hydrogen-bond donors (Lipinski definition) is 0. The summed E-state index contributed by atoms with van der Waals surface area (Å²) in [5.74, 6) is -3.58. The van der Waals surface area contributed by atoms with Gasteiger partial charge in [0.1, 0.15) is 0 Å². The quantitative estimate of drug-likeness (QED) is 0.548. The van der Waals surface area contributed by atoms with Crippen LogP contribution in [0.4, 0.5) is 8.78 Å². The zero-order valence-electron chi connectivity index (χ0n) is 13.9. The van der Waals surface area contributed by atoms with Crippen LogP contribution in [-0.2, 0) is 22.5 Å². The van der Waals surface area contributed by atoms with Gasteiger partial charge in [-0.15, -0.1) is 0 Å². The number of allylic oxidation sites excluding steroid dienone is 1. The molecular weight excluding hydrogens is 385 g/mol. The average molecular weight is 401 g/mol. The Morgan fingerprint density at radius 1 is 1.38 bits per heavy atom. The Bertz CT molecular complexity index is 878. The molecule has 8 heteroatoms. The summed E-state index contributed by atoms with van der Waals surface area (Å²) in [4.78, 5) is 11.8. The molecule has 2 aromatic rings. The van der Waals surface area contributed by atoms with Crippen LogP contribution in [0.2, 0.25) is 10.0 Å². The topological polar surface area (TPSA) is 44.1 Å². The predicted octanol–water partition coefficient (Wildman–Crippen LogP) is 4.77. The van der Waals surface area contributed by atoms with Crippen molar-refractivity contribution < 1.29 is 18.3 Å². The van der Waals surface area contributed by atoms with Gasteiger partial charge in [-0.2, -0.15) is 5.10 Å². The van der Waals surface area contributed by atoms with Crippen LogP contribution in [0.3, 0.4) is 0 Å². The number of carbonyl (C=O) groups is 1. The molecule has 0 N–H and O–H groups in total. The number of halogens is 4. The first kappa shape index (κ1) is 18.9. The Morgan fingerprint density at radius 3 is 2.85 bits per heavy atom. The Labute approximate surface area is 159 Å². The van der Waals surface area contributed by atoms with Gasteiger partial charge >= 0.3 is 5.97 Å². The standard InChI is InChI=1S/C18H16Cl2F2N2O2/c1-2-26-16(25)5-12-7-18(21,22)8-13-9-23-24(17(12)13)10-11-3-4-14(19)6-15(11)20/h3-6,9H,2,7-8,10H2,1H3/b12-5+. The van der Waals surface area contributed by atoms with Gasteiger partial charge in [-0.1, -0.05) is 29.3 Å². The van der Waals surface area contributed by atoms with Crippen LogP contribution in [0.15, 0.2) is 30.5 Å². The van der Waals surface area contributed by atoms with Crippen molar-refractivity contribution in [2.75, 3.05) is 6.61 Å². The van der Waals surface area contributed by atoms with Crippen molar-refractivity contribution in [2.45, 2.75) is 32.2 Å². The number of fused-ring (bicyclic) bond motifs is 1. The van der Waals surface area contributed by atoms with E-state index in [0.29, 0.717) is 21.3 Å². The fourth-order valence-corrected chi connectivity index (χ4v) is 3.47. The second-order valence-corrected chi connectivity index (χ2v) is 6.89. The fraction of sp³-hybridized carbons (Fsp3) is 0.333. The lowest BCUT2D eigenvalue weighted by atomic mass is 9.89. The minimum atomic E-state index is -2.93. The zero-order chi connectivity index (χ0) is 18.9. The van der Waals surface area contributed by atoms with E-state index < -0.39 is 24.7 Å². The third kappa shape index (κ3) is 4.07. The van der Waals surface area contributed by atoms with E-state index in [1.165, 1.54) is 6.20 Å². The molecule has 0 fully saturated rings. The molecule has 26 heavy (non-hydrogen) atoms. The van der Waals surface area contributed by atoms with E-state index in [1.807, 2.05) is 0 Å². The summed E-state index contributed by atoms with van der Waals surface area (Å²) in [6, 6.07) is 5.06. The van der Waals surface area contributed by atoms with Gasteiger partial charge in [0.15, 0.2) is 0 Å². The summed E-state index contributed by atoms with van der Waals surface area (Å²) >= 11 is 12.1. The third-order valence-corrected chi connectivity index (χ3v) is 4.62. The molecule has 3 rings (SSSR count). The van der Waals surface area contributed by atoms with Crippen molar-refractivity contribution in [2.24, 2.45) is 0 Å². The SMILES string of the molecule is CCOC(=O)/C=C1\CC(F)(F)Cc2cnn(Cc3ccc(Cl)cc3Cl)c21. The van der Waals surface area contributed by atoms with Crippen molar-refractivity contribution in [1.82, 2.24) is 9.78 Å². The van der Waals surface area contributed by atoms with Gasteiger partial charge in [-0.05, 0) is 30.2 Å². The summed E-state index contributed by atoms with van der Waals surface area (Å²) in [5, 5.41) is 5.19. The number of ether oxygens (including phenoxy) is 1. The van der Waals surface area contributed by atoms with Crippen LogP contribution < -0.4 is 0 Å². The van der Waals surface area contributed by atoms with Gasteiger partial charge in [-0.3, -0.25) is 4.68 Å². The van der Waals surface area contributed by atoms with Crippen molar-refractivity contribution in [3.8, 4) is 0 Å². The summed E-state index contributed by atoms with van der Waals surface area (Å²) < 4.78 is 34.5. The molecule has 1 heterocycles. The van der Waals surface area contributed by atoms with Crippen molar-refractivity contribution in [3.63, 3.8) is 0 Å². The first-order valence-electron chi connectivity index (χ1n) is 8.03. The largest absolute Gasteiger partial charge is 0.463 e. The van der Waals surface area contributed by atoms with Crippen molar-refractivity contribution in [1.29, 1.82) is 0 Å². The molecule has 0 atom stereocenters. The molecule has 0 saturated heterocycles. The highest BCUT2D eigenvalue weighted by Gasteiger charge is 2.39. The van der Waals surface area contributed by atoms with E-state index in [9.17, 15) is 13.6 Å². The minimum absolute atomic E-state index is 0.172. The summed E-state index contributed by atoms with van der Waals surface area (Å²) in [7, 11) is 0. The molecule has 0 saturated carbocycles. The highest BCUT2D eigenvalue weighted by Crippen LogP contribution is 2.40. The molecular formula is C18H16Cl2F2N2O2. The van der Waals surface area contributed by atoms with Crippen LogP contribution in [0.5, 0.6) is 0 Å². The maximum absolute atomic E-state index is 14.0. The van der Waals surface area contributed by atoms with E-state index >= 15 is 0 Å². The van der Waals surface area contributed by atoms with E-state index in [0.717, 1.165) is 11.6 Å². The van der Waals surface area contributed by atoms with E-state index in [1.54, 1.807) is 29.8 Å². The van der Waals surface area contributed by atoms with Crippen LogP contribution in [0.1, 0.15) is 30.2 Å². The van der Waals surface area contributed by atoms with E-state index in [-0.39, 0.29) is 18.7 Å². The van der Waals surface area contributed by atoms with Gasteiger partial charge in [0.2, 0.25) is 0 Å². The zero-order valence-corrected chi connectivity index (χ0v) is 15.4. The number of esters is 1. The molecule has 138 valence electrons. The lowest BCUT2D eigenvalue weighted by molar-refractivity contribution is -0.137. The lowest BCUT2D eigenvalue weighted by Gasteiger charge is -2.25. The summed E-state index contributed by atoms with van der Waals surface area (Å²) in [5.41, 5.74) is 1.85. The van der Waals surface area contributed by atoms with Crippen LogP contribution in [-0.4, -0.2) is 28.3 Å². The predicted molar refractivity (Wildman–Crippen MR) is 95.7 cm³/mol. The van der Waals surface area contributed by atoms with Gasteiger partial charge in [-0.25, -0.2) is 13.6 Å². The minimum Gasteiger partial charge on any atom is -0.463 e. The van der Waals surface area contributed by atoms with E-state index in [4.69, 9.17) is 27.9 Å². The Morgan fingerprint density at radius 2 is 2.15 bits per heavy atom. The fourth-order valence-electron chi connectivity index (χ4n) is 3.01. The number of nitrogens with zero attached hydrogens (tertiary/aromatic N) is 2. The van der Waals surface area contributed by atoms with Crippen molar-refractivity contribution in [3.05, 3.63) is 57.3 Å². The molecule has 0 bridgehead atoms. The normalized spacial score (nSPS) is 17.2.